The predicted octanol–water partition coefficient (Wildman–Crippen LogP) is 2.71. The van der Waals surface area contributed by atoms with Crippen LogP contribution in [-0.2, 0) is 16.1 Å². The zero-order valence-corrected chi connectivity index (χ0v) is 13.4. The van der Waals surface area contributed by atoms with Crippen molar-refractivity contribution in [1.82, 2.24) is 5.32 Å². The third kappa shape index (κ3) is 3.06. The van der Waals surface area contributed by atoms with E-state index in [1.54, 1.807) is 23.3 Å². The third-order valence-electron chi connectivity index (χ3n) is 3.68. The van der Waals surface area contributed by atoms with Crippen LogP contribution in [0.5, 0.6) is 0 Å². The fourth-order valence-electron chi connectivity index (χ4n) is 2.51. The van der Waals surface area contributed by atoms with Crippen LogP contribution >= 0.6 is 15.9 Å². The van der Waals surface area contributed by atoms with E-state index in [-0.39, 0.29) is 11.8 Å². The van der Waals surface area contributed by atoms with Gasteiger partial charge in [0.1, 0.15) is 11.7 Å². The van der Waals surface area contributed by atoms with Gasteiger partial charge in [-0.05, 0) is 42.8 Å². The Hall–Kier alpha value is -2.08. The minimum Gasteiger partial charge on any atom is -0.467 e. The summed E-state index contributed by atoms with van der Waals surface area (Å²) in [5.74, 6) is -0.359. The Morgan fingerprint density at radius 3 is 2.77 bits per heavy atom. The normalized spacial score (nSPS) is 17.8. The van der Waals surface area contributed by atoms with Crippen molar-refractivity contribution in [3.8, 4) is 0 Å². The molecule has 1 aliphatic heterocycles. The van der Waals surface area contributed by atoms with Crippen LogP contribution in [0.15, 0.2) is 51.6 Å². The van der Waals surface area contributed by atoms with Gasteiger partial charge in [-0.2, -0.15) is 0 Å². The van der Waals surface area contributed by atoms with Crippen molar-refractivity contribution in [3.05, 3.63) is 52.9 Å². The topological polar surface area (TPSA) is 62.6 Å². The largest absolute Gasteiger partial charge is 0.467 e. The van der Waals surface area contributed by atoms with E-state index in [1.165, 1.54) is 0 Å². The standard InChI is InChI=1S/C16H15BrN2O3/c17-11-3-5-12(6-4-11)19-8-7-14(16(19)21)15(20)18-10-13-2-1-9-22-13/h1-6,9,14H,7-8,10H2,(H,18,20). The molecular formula is C16H15BrN2O3. The fraction of sp³-hybridized carbons (Fsp3) is 0.250. The molecule has 0 bridgehead atoms. The Bertz CT molecular complexity index is 667. The highest BCUT2D eigenvalue weighted by Crippen LogP contribution is 2.26. The summed E-state index contributed by atoms with van der Waals surface area (Å²) in [5, 5.41) is 2.75. The lowest BCUT2D eigenvalue weighted by Crippen LogP contribution is -2.36. The molecule has 0 spiro atoms. The Labute approximate surface area is 136 Å². The highest BCUT2D eigenvalue weighted by Gasteiger charge is 2.37. The quantitative estimate of drug-likeness (QED) is 0.850. The summed E-state index contributed by atoms with van der Waals surface area (Å²) in [7, 11) is 0. The summed E-state index contributed by atoms with van der Waals surface area (Å²) in [4.78, 5) is 26.3. The minimum atomic E-state index is -0.626. The Balaban J connectivity index is 1.63. The van der Waals surface area contributed by atoms with E-state index in [0.717, 1.165) is 10.2 Å². The molecule has 0 saturated carbocycles. The number of amides is 2. The minimum absolute atomic E-state index is 0.153. The van der Waals surface area contributed by atoms with Crippen molar-refractivity contribution in [2.75, 3.05) is 11.4 Å². The van der Waals surface area contributed by atoms with E-state index < -0.39 is 5.92 Å². The summed E-state index contributed by atoms with van der Waals surface area (Å²) in [6.07, 6.45) is 2.08. The van der Waals surface area contributed by atoms with Crippen molar-refractivity contribution >= 4 is 33.4 Å². The van der Waals surface area contributed by atoms with Gasteiger partial charge >= 0.3 is 0 Å². The van der Waals surface area contributed by atoms with Gasteiger partial charge in [-0.25, -0.2) is 0 Å². The molecule has 2 aromatic rings. The van der Waals surface area contributed by atoms with Crippen LogP contribution in [0.4, 0.5) is 5.69 Å². The van der Waals surface area contributed by atoms with Crippen molar-refractivity contribution in [2.45, 2.75) is 13.0 Å². The van der Waals surface area contributed by atoms with E-state index in [2.05, 4.69) is 21.2 Å². The molecule has 0 radical (unpaired) electrons. The molecule has 5 nitrogen and oxygen atoms in total. The molecule has 1 unspecified atom stereocenters. The van der Waals surface area contributed by atoms with Crippen LogP contribution in [0, 0.1) is 5.92 Å². The highest BCUT2D eigenvalue weighted by atomic mass is 79.9. The van der Waals surface area contributed by atoms with Gasteiger partial charge in [-0.1, -0.05) is 15.9 Å². The van der Waals surface area contributed by atoms with Gasteiger partial charge in [0.25, 0.3) is 0 Å². The summed E-state index contributed by atoms with van der Waals surface area (Å²) in [5.41, 5.74) is 0.814. The summed E-state index contributed by atoms with van der Waals surface area (Å²) in [6, 6.07) is 11.0. The van der Waals surface area contributed by atoms with Gasteiger partial charge in [0.2, 0.25) is 11.8 Å². The van der Waals surface area contributed by atoms with E-state index in [0.29, 0.717) is 25.3 Å². The maximum atomic E-state index is 12.4. The fourth-order valence-corrected chi connectivity index (χ4v) is 2.78. The molecule has 2 heterocycles. The SMILES string of the molecule is O=C(NCc1ccco1)C1CCN(c2ccc(Br)cc2)C1=O. The molecular weight excluding hydrogens is 348 g/mol. The first-order chi connectivity index (χ1) is 10.6. The molecule has 22 heavy (non-hydrogen) atoms. The van der Waals surface area contributed by atoms with Crippen molar-refractivity contribution in [1.29, 1.82) is 0 Å². The zero-order chi connectivity index (χ0) is 15.5. The van der Waals surface area contributed by atoms with Gasteiger partial charge in [0.15, 0.2) is 0 Å². The number of nitrogens with one attached hydrogen (secondary N) is 1. The number of rotatable bonds is 4. The number of benzene rings is 1. The monoisotopic (exact) mass is 362 g/mol. The second-order valence-corrected chi connectivity index (χ2v) is 6.02. The smallest absolute Gasteiger partial charge is 0.239 e. The number of carbonyl (C=O) groups excluding carboxylic acids is 2. The Morgan fingerprint density at radius 1 is 1.32 bits per heavy atom. The number of hydrogen-bond donors (Lipinski definition) is 1. The average molecular weight is 363 g/mol. The van der Waals surface area contributed by atoms with Crippen molar-refractivity contribution in [2.24, 2.45) is 5.92 Å². The number of nitrogens with zero attached hydrogens (tertiary/aromatic N) is 1. The van der Waals surface area contributed by atoms with E-state index in [9.17, 15) is 9.59 Å². The summed E-state index contributed by atoms with van der Waals surface area (Å²) >= 11 is 3.37. The molecule has 1 N–H and O–H groups in total. The van der Waals surface area contributed by atoms with E-state index in [1.807, 2.05) is 24.3 Å². The molecule has 1 aromatic heterocycles. The molecule has 114 valence electrons. The Kier molecular flexibility index (Phi) is 4.29. The van der Waals surface area contributed by atoms with Crippen molar-refractivity contribution < 1.29 is 14.0 Å². The van der Waals surface area contributed by atoms with Crippen molar-refractivity contribution in [3.63, 3.8) is 0 Å². The molecule has 1 atom stereocenters. The highest BCUT2D eigenvalue weighted by molar-refractivity contribution is 9.10. The van der Waals surface area contributed by atoms with Gasteiger partial charge in [0, 0.05) is 16.7 Å². The van der Waals surface area contributed by atoms with E-state index in [4.69, 9.17) is 4.42 Å². The molecule has 1 aromatic carbocycles. The van der Waals surface area contributed by atoms with Gasteiger partial charge < -0.3 is 14.6 Å². The number of carbonyl (C=O) groups is 2. The zero-order valence-electron chi connectivity index (χ0n) is 11.8. The first-order valence-electron chi connectivity index (χ1n) is 7.02. The molecule has 6 heteroatoms. The van der Waals surface area contributed by atoms with Crippen LogP contribution < -0.4 is 10.2 Å². The number of hydrogen-bond acceptors (Lipinski definition) is 3. The van der Waals surface area contributed by atoms with Crippen LogP contribution in [0.2, 0.25) is 0 Å². The number of furan rings is 1. The molecule has 2 amide bonds. The maximum Gasteiger partial charge on any atom is 0.239 e. The van der Waals surface area contributed by atoms with Crippen LogP contribution in [-0.4, -0.2) is 18.4 Å². The second kappa shape index (κ2) is 6.36. The molecule has 1 aliphatic rings. The number of halogens is 1. The lowest BCUT2D eigenvalue weighted by Gasteiger charge is -2.16. The maximum absolute atomic E-state index is 12.4. The summed E-state index contributed by atoms with van der Waals surface area (Å²) in [6.45, 7) is 0.854. The second-order valence-electron chi connectivity index (χ2n) is 5.10. The predicted molar refractivity (Wildman–Crippen MR) is 85.2 cm³/mol. The first-order valence-corrected chi connectivity index (χ1v) is 7.81. The average Bonchev–Trinajstić information content (AvgIpc) is 3.15. The molecule has 3 rings (SSSR count). The van der Waals surface area contributed by atoms with Crippen LogP contribution in [0.3, 0.4) is 0 Å². The molecule has 1 saturated heterocycles. The first kappa shape index (κ1) is 14.8. The van der Waals surface area contributed by atoms with Crippen LogP contribution in [0.1, 0.15) is 12.2 Å². The lowest BCUT2D eigenvalue weighted by atomic mass is 10.1. The third-order valence-corrected chi connectivity index (χ3v) is 4.21. The molecule has 1 fully saturated rings. The van der Waals surface area contributed by atoms with Gasteiger partial charge in [0.05, 0.1) is 12.8 Å². The van der Waals surface area contributed by atoms with Crippen LogP contribution in [0.25, 0.3) is 0 Å². The summed E-state index contributed by atoms with van der Waals surface area (Å²) < 4.78 is 6.11. The van der Waals surface area contributed by atoms with Gasteiger partial charge in [-0.3, -0.25) is 9.59 Å². The number of anilines is 1. The Morgan fingerprint density at radius 2 is 2.09 bits per heavy atom. The lowest BCUT2D eigenvalue weighted by molar-refractivity contribution is -0.132. The van der Waals surface area contributed by atoms with E-state index >= 15 is 0 Å². The molecule has 0 aliphatic carbocycles. The van der Waals surface area contributed by atoms with Gasteiger partial charge in [-0.15, -0.1) is 0 Å².